The summed E-state index contributed by atoms with van der Waals surface area (Å²) in [6.07, 6.45) is 4.02. The summed E-state index contributed by atoms with van der Waals surface area (Å²) < 4.78 is 4.99. The standard InChI is InChI=1S/C14H15ClN2O2/c1-10(8-11-6-7-19-9-11)16-14(18)17-13-4-2-12(15)3-5-13/h2-7,9-10H,8H2,1H3,(H2,16,17,18). The minimum Gasteiger partial charge on any atom is -0.472 e. The molecule has 4 nitrogen and oxygen atoms in total. The van der Waals surface area contributed by atoms with Gasteiger partial charge in [0, 0.05) is 16.8 Å². The first kappa shape index (κ1) is 13.5. The quantitative estimate of drug-likeness (QED) is 0.896. The highest BCUT2D eigenvalue weighted by Gasteiger charge is 2.08. The van der Waals surface area contributed by atoms with Crippen molar-refractivity contribution >= 4 is 23.3 Å². The number of anilines is 1. The van der Waals surface area contributed by atoms with Crippen molar-refractivity contribution in [3.8, 4) is 0 Å². The normalized spacial score (nSPS) is 11.9. The number of furan rings is 1. The Balaban J connectivity index is 1.82. The molecule has 0 aliphatic carbocycles. The molecule has 2 aromatic rings. The molecular formula is C14H15ClN2O2. The van der Waals surface area contributed by atoms with Gasteiger partial charge in [-0.1, -0.05) is 11.6 Å². The number of carbonyl (C=O) groups excluding carboxylic acids is 1. The minimum atomic E-state index is -0.238. The van der Waals surface area contributed by atoms with Gasteiger partial charge in [0.25, 0.3) is 0 Å². The van der Waals surface area contributed by atoms with E-state index in [0.29, 0.717) is 10.7 Å². The molecule has 0 spiro atoms. The first-order valence-corrected chi connectivity index (χ1v) is 6.35. The van der Waals surface area contributed by atoms with Crippen LogP contribution < -0.4 is 10.6 Å². The van der Waals surface area contributed by atoms with Crippen LogP contribution in [0.4, 0.5) is 10.5 Å². The van der Waals surface area contributed by atoms with Gasteiger partial charge in [0.1, 0.15) is 0 Å². The third-order valence-corrected chi connectivity index (χ3v) is 2.85. The van der Waals surface area contributed by atoms with Crippen LogP contribution in [0.5, 0.6) is 0 Å². The molecule has 0 saturated heterocycles. The summed E-state index contributed by atoms with van der Waals surface area (Å²) in [4.78, 5) is 11.8. The van der Waals surface area contributed by atoms with E-state index in [4.69, 9.17) is 16.0 Å². The lowest BCUT2D eigenvalue weighted by molar-refractivity contribution is 0.249. The van der Waals surface area contributed by atoms with E-state index in [1.54, 1.807) is 36.8 Å². The van der Waals surface area contributed by atoms with Gasteiger partial charge in [-0.25, -0.2) is 4.79 Å². The highest BCUT2D eigenvalue weighted by atomic mass is 35.5. The average molecular weight is 279 g/mol. The lowest BCUT2D eigenvalue weighted by Crippen LogP contribution is -2.37. The summed E-state index contributed by atoms with van der Waals surface area (Å²) in [5.74, 6) is 0. The smallest absolute Gasteiger partial charge is 0.319 e. The van der Waals surface area contributed by atoms with Crippen LogP contribution in [0.25, 0.3) is 0 Å². The molecule has 0 bridgehead atoms. The van der Waals surface area contributed by atoms with Crippen molar-refractivity contribution in [2.24, 2.45) is 0 Å². The average Bonchev–Trinajstić information content (AvgIpc) is 2.84. The summed E-state index contributed by atoms with van der Waals surface area (Å²) in [6.45, 7) is 1.94. The van der Waals surface area contributed by atoms with Gasteiger partial charge in [-0.15, -0.1) is 0 Å². The van der Waals surface area contributed by atoms with Gasteiger partial charge >= 0.3 is 6.03 Å². The lowest BCUT2D eigenvalue weighted by atomic mass is 10.1. The molecule has 0 fully saturated rings. The molecule has 1 heterocycles. The van der Waals surface area contributed by atoms with E-state index in [9.17, 15) is 4.79 Å². The summed E-state index contributed by atoms with van der Waals surface area (Å²) in [7, 11) is 0. The van der Waals surface area contributed by atoms with Crippen molar-refractivity contribution in [1.82, 2.24) is 5.32 Å². The van der Waals surface area contributed by atoms with Gasteiger partial charge in [-0.05, 0) is 49.2 Å². The minimum absolute atomic E-state index is 0.0184. The Morgan fingerprint density at radius 1 is 1.32 bits per heavy atom. The highest BCUT2D eigenvalue weighted by Crippen LogP contribution is 2.13. The molecule has 0 aliphatic rings. The molecule has 100 valence electrons. The molecule has 1 aromatic carbocycles. The number of hydrogen-bond donors (Lipinski definition) is 2. The molecule has 1 unspecified atom stereocenters. The molecule has 2 amide bonds. The van der Waals surface area contributed by atoms with Gasteiger partial charge in [0.05, 0.1) is 12.5 Å². The van der Waals surface area contributed by atoms with E-state index in [-0.39, 0.29) is 12.1 Å². The maximum absolute atomic E-state index is 11.8. The van der Waals surface area contributed by atoms with Crippen molar-refractivity contribution in [2.45, 2.75) is 19.4 Å². The summed E-state index contributed by atoms with van der Waals surface area (Å²) >= 11 is 5.77. The number of amides is 2. The second-order valence-corrected chi connectivity index (χ2v) is 4.78. The Morgan fingerprint density at radius 3 is 2.68 bits per heavy atom. The first-order chi connectivity index (χ1) is 9.13. The number of hydrogen-bond acceptors (Lipinski definition) is 2. The lowest BCUT2D eigenvalue weighted by Gasteiger charge is -2.13. The second kappa shape index (κ2) is 6.29. The number of nitrogens with one attached hydrogen (secondary N) is 2. The number of halogens is 1. The maximum Gasteiger partial charge on any atom is 0.319 e. The molecule has 0 aliphatic heterocycles. The Kier molecular flexibility index (Phi) is 4.47. The predicted molar refractivity (Wildman–Crippen MR) is 75.5 cm³/mol. The van der Waals surface area contributed by atoms with Crippen molar-refractivity contribution in [3.63, 3.8) is 0 Å². The van der Waals surface area contributed by atoms with Gasteiger partial charge in [0.2, 0.25) is 0 Å². The largest absolute Gasteiger partial charge is 0.472 e. The molecular weight excluding hydrogens is 264 g/mol. The first-order valence-electron chi connectivity index (χ1n) is 5.97. The van der Waals surface area contributed by atoms with Gasteiger partial charge in [-0.2, -0.15) is 0 Å². The van der Waals surface area contributed by atoms with Crippen LogP contribution in [0.3, 0.4) is 0 Å². The molecule has 0 saturated carbocycles. The van der Waals surface area contributed by atoms with E-state index in [2.05, 4.69) is 10.6 Å². The van der Waals surface area contributed by atoms with Crippen molar-refractivity contribution in [3.05, 3.63) is 53.4 Å². The Hall–Kier alpha value is -1.94. The monoisotopic (exact) mass is 278 g/mol. The third-order valence-electron chi connectivity index (χ3n) is 2.60. The predicted octanol–water partition coefficient (Wildman–Crippen LogP) is 3.69. The Morgan fingerprint density at radius 2 is 2.05 bits per heavy atom. The number of rotatable bonds is 4. The SMILES string of the molecule is CC(Cc1ccoc1)NC(=O)Nc1ccc(Cl)cc1. The molecule has 19 heavy (non-hydrogen) atoms. The number of benzene rings is 1. The van der Waals surface area contributed by atoms with Crippen LogP contribution in [0.2, 0.25) is 5.02 Å². The fourth-order valence-electron chi connectivity index (χ4n) is 1.74. The number of urea groups is 1. The van der Waals surface area contributed by atoms with E-state index in [1.807, 2.05) is 13.0 Å². The summed E-state index contributed by atoms with van der Waals surface area (Å²) in [5, 5.41) is 6.24. The zero-order valence-electron chi connectivity index (χ0n) is 10.5. The van der Waals surface area contributed by atoms with E-state index in [0.717, 1.165) is 12.0 Å². The molecule has 1 aromatic heterocycles. The number of carbonyl (C=O) groups is 1. The van der Waals surface area contributed by atoms with Crippen molar-refractivity contribution in [2.75, 3.05) is 5.32 Å². The van der Waals surface area contributed by atoms with Crippen LogP contribution in [0.15, 0.2) is 47.3 Å². The maximum atomic E-state index is 11.8. The summed E-state index contributed by atoms with van der Waals surface area (Å²) in [5.41, 5.74) is 1.76. The summed E-state index contributed by atoms with van der Waals surface area (Å²) in [6, 6.07) is 8.63. The van der Waals surface area contributed by atoms with Crippen molar-refractivity contribution < 1.29 is 9.21 Å². The van der Waals surface area contributed by atoms with E-state index < -0.39 is 0 Å². The molecule has 5 heteroatoms. The fraction of sp³-hybridized carbons (Fsp3) is 0.214. The van der Waals surface area contributed by atoms with Crippen LogP contribution in [0.1, 0.15) is 12.5 Å². The topological polar surface area (TPSA) is 54.3 Å². The van der Waals surface area contributed by atoms with Crippen molar-refractivity contribution in [1.29, 1.82) is 0 Å². The molecule has 2 rings (SSSR count). The Labute approximate surface area is 116 Å². The van der Waals surface area contributed by atoms with E-state index >= 15 is 0 Å². The van der Waals surface area contributed by atoms with Gasteiger partial charge < -0.3 is 15.1 Å². The van der Waals surface area contributed by atoms with Gasteiger partial charge in [0.15, 0.2) is 0 Å². The molecule has 1 atom stereocenters. The highest BCUT2D eigenvalue weighted by molar-refractivity contribution is 6.30. The van der Waals surface area contributed by atoms with Crippen LogP contribution >= 0.6 is 11.6 Å². The zero-order chi connectivity index (χ0) is 13.7. The van der Waals surface area contributed by atoms with Crippen LogP contribution in [-0.4, -0.2) is 12.1 Å². The van der Waals surface area contributed by atoms with Crippen LogP contribution in [0, 0.1) is 0 Å². The molecule has 0 radical (unpaired) electrons. The van der Waals surface area contributed by atoms with E-state index in [1.165, 1.54) is 0 Å². The van der Waals surface area contributed by atoms with Gasteiger partial charge in [-0.3, -0.25) is 0 Å². The second-order valence-electron chi connectivity index (χ2n) is 4.34. The zero-order valence-corrected chi connectivity index (χ0v) is 11.3. The molecule has 2 N–H and O–H groups in total. The third kappa shape index (κ3) is 4.34. The van der Waals surface area contributed by atoms with Crippen LogP contribution in [-0.2, 0) is 6.42 Å². The fourth-order valence-corrected chi connectivity index (χ4v) is 1.86. The Bertz CT molecular complexity index is 523.